The van der Waals surface area contributed by atoms with E-state index in [0.29, 0.717) is 5.69 Å². The SMILES string of the molecule is Cc1ccc(S(=O)(=O)N(N)C(=O)c2ccc[n+](CC(=O)Nc3ccccc3)c2)cc1.[Cl-]. The molecule has 1 heterocycles. The third-order valence-electron chi connectivity index (χ3n) is 4.27. The first-order valence-electron chi connectivity index (χ1n) is 9.02. The molecule has 0 spiro atoms. The monoisotopic (exact) mass is 460 g/mol. The third-order valence-corrected chi connectivity index (χ3v) is 5.82. The number of aryl methyl sites for hydroxylation is 1. The molecule has 0 atom stereocenters. The average molecular weight is 461 g/mol. The topological polar surface area (TPSA) is 113 Å². The van der Waals surface area contributed by atoms with E-state index in [2.05, 4.69) is 5.32 Å². The fourth-order valence-electron chi connectivity index (χ4n) is 2.69. The van der Waals surface area contributed by atoms with Crippen molar-refractivity contribution in [1.82, 2.24) is 4.41 Å². The molecule has 0 fully saturated rings. The van der Waals surface area contributed by atoms with Gasteiger partial charge in [0.2, 0.25) is 6.54 Å². The van der Waals surface area contributed by atoms with Crippen LogP contribution in [0.1, 0.15) is 15.9 Å². The first-order chi connectivity index (χ1) is 14.3. The lowest BCUT2D eigenvalue weighted by atomic mass is 10.2. The maximum absolute atomic E-state index is 12.7. The standard InChI is InChI=1S/C21H20N4O4S.ClH/c1-16-9-11-19(12-10-16)30(28,29)25(22)21(27)17-6-5-13-24(14-17)15-20(26)23-18-7-3-2-4-8-18;/h2-14H,15,22H2,1H3;1H. The molecule has 8 nitrogen and oxygen atoms in total. The Balaban J connectivity index is 0.00000341. The summed E-state index contributed by atoms with van der Waals surface area (Å²) in [5.74, 6) is 4.45. The molecule has 3 rings (SSSR count). The van der Waals surface area contributed by atoms with Crippen LogP contribution in [0.5, 0.6) is 0 Å². The highest BCUT2D eigenvalue weighted by molar-refractivity contribution is 7.89. The molecule has 0 saturated heterocycles. The molecule has 162 valence electrons. The lowest BCUT2D eigenvalue weighted by Crippen LogP contribution is -3.00. The van der Waals surface area contributed by atoms with Crippen molar-refractivity contribution >= 4 is 27.5 Å². The number of nitrogens with one attached hydrogen (secondary N) is 1. The molecule has 2 amide bonds. The van der Waals surface area contributed by atoms with Gasteiger partial charge in [0.1, 0.15) is 5.56 Å². The van der Waals surface area contributed by atoms with Gasteiger partial charge in [-0.3, -0.25) is 9.59 Å². The number of hydrogen-bond donors (Lipinski definition) is 2. The summed E-state index contributed by atoms with van der Waals surface area (Å²) < 4.78 is 26.9. The molecule has 0 aliphatic rings. The summed E-state index contributed by atoms with van der Waals surface area (Å²) in [6, 6.07) is 17.9. The molecule has 3 aromatic rings. The highest BCUT2D eigenvalue weighted by Gasteiger charge is 2.29. The van der Waals surface area contributed by atoms with Gasteiger partial charge in [0.05, 0.1) is 4.90 Å². The number of carbonyl (C=O) groups excluding carboxylic acids is 2. The number of nitrogens with zero attached hydrogens (tertiary/aromatic N) is 2. The second kappa shape index (κ2) is 10.2. The average Bonchev–Trinajstić information content (AvgIpc) is 2.73. The quantitative estimate of drug-likeness (QED) is 0.204. The summed E-state index contributed by atoms with van der Waals surface area (Å²) in [5.41, 5.74) is 1.55. The highest BCUT2D eigenvalue weighted by atomic mass is 35.5. The molecule has 0 aliphatic heterocycles. The van der Waals surface area contributed by atoms with Crippen LogP contribution in [-0.4, -0.2) is 24.6 Å². The number of pyridine rings is 1. The van der Waals surface area contributed by atoms with E-state index in [1.807, 2.05) is 13.0 Å². The van der Waals surface area contributed by atoms with Crippen molar-refractivity contribution in [1.29, 1.82) is 0 Å². The van der Waals surface area contributed by atoms with E-state index in [1.54, 1.807) is 42.6 Å². The van der Waals surface area contributed by atoms with Gasteiger partial charge < -0.3 is 17.7 Å². The number of aromatic nitrogens is 1. The molecule has 1 aromatic heterocycles. The Morgan fingerprint density at radius 3 is 2.29 bits per heavy atom. The Bertz CT molecular complexity index is 1170. The second-order valence-corrected chi connectivity index (χ2v) is 8.41. The second-order valence-electron chi connectivity index (χ2n) is 6.60. The molecule has 2 aromatic carbocycles. The van der Waals surface area contributed by atoms with Crippen LogP contribution in [0.2, 0.25) is 0 Å². The van der Waals surface area contributed by atoms with Crippen molar-refractivity contribution < 1.29 is 35.0 Å². The van der Waals surface area contributed by atoms with Crippen LogP contribution in [0.15, 0.2) is 84.0 Å². The van der Waals surface area contributed by atoms with E-state index in [0.717, 1.165) is 5.56 Å². The van der Waals surface area contributed by atoms with Gasteiger partial charge in [0.15, 0.2) is 12.4 Å². The Hall–Kier alpha value is -3.27. The van der Waals surface area contributed by atoms with Crippen LogP contribution >= 0.6 is 0 Å². The summed E-state index contributed by atoms with van der Waals surface area (Å²) in [5, 5.41) is 2.74. The smallest absolute Gasteiger partial charge is 0.290 e. The zero-order valence-corrected chi connectivity index (χ0v) is 18.2. The van der Waals surface area contributed by atoms with Gasteiger partial charge in [-0.15, -0.1) is 0 Å². The molecular formula is C21H21ClN4O4S. The first-order valence-corrected chi connectivity index (χ1v) is 10.5. The Kier molecular flexibility index (Phi) is 7.87. The van der Waals surface area contributed by atoms with Gasteiger partial charge in [-0.05, 0) is 37.3 Å². The molecule has 3 N–H and O–H groups in total. The van der Waals surface area contributed by atoms with Gasteiger partial charge in [-0.1, -0.05) is 35.9 Å². The van der Waals surface area contributed by atoms with Gasteiger partial charge >= 0.3 is 0 Å². The Labute approximate surface area is 186 Å². The lowest BCUT2D eigenvalue weighted by Gasteiger charge is -2.16. The van der Waals surface area contributed by atoms with E-state index < -0.39 is 15.9 Å². The number of hydrazine groups is 1. The van der Waals surface area contributed by atoms with E-state index in [9.17, 15) is 18.0 Å². The van der Waals surface area contributed by atoms with Crippen molar-refractivity contribution in [2.45, 2.75) is 18.4 Å². The molecule has 0 bridgehead atoms. The van der Waals surface area contributed by atoms with Crippen LogP contribution < -0.4 is 28.1 Å². The van der Waals surface area contributed by atoms with E-state index in [4.69, 9.17) is 5.84 Å². The minimum absolute atomic E-state index is 0. The number of benzene rings is 2. The molecular weight excluding hydrogens is 440 g/mol. The zero-order valence-electron chi connectivity index (χ0n) is 16.6. The van der Waals surface area contributed by atoms with Gasteiger partial charge in [-0.25, -0.2) is 5.84 Å². The maximum Gasteiger partial charge on any atom is 0.290 e. The van der Waals surface area contributed by atoms with E-state index in [1.165, 1.54) is 35.0 Å². The number of hydrogen-bond acceptors (Lipinski definition) is 5. The van der Waals surface area contributed by atoms with Crippen molar-refractivity contribution in [2.24, 2.45) is 5.84 Å². The summed E-state index contributed by atoms with van der Waals surface area (Å²) in [7, 11) is -4.21. The minimum Gasteiger partial charge on any atom is -1.00 e. The van der Waals surface area contributed by atoms with Crippen LogP contribution in [0.25, 0.3) is 0 Å². The van der Waals surface area contributed by atoms with Gasteiger partial charge in [0, 0.05) is 11.8 Å². The van der Waals surface area contributed by atoms with Crippen LogP contribution in [0.4, 0.5) is 5.69 Å². The molecule has 0 unspecified atom stereocenters. The van der Waals surface area contributed by atoms with Gasteiger partial charge in [0.25, 0.3) is 21.8 Å². The first kappa shape index (κ1) is 24.0. The number of carbonyl (C=O) groups is 2. The molecule has 0 aliphatic carbocycles. The zero-order chi connectivity index (χ0) is 21.7. The third kappa shape index (κ3) is 5.88. The van der Waals surface area contributed by atoms with Crippen LogP contribution in [0, 0.1) is 6.92 Å². The number of rotatable bonds is 6. The number of sulfonamides is 1. The van der Waals surface area contributed by atoms with Crippen molar-refractivity contribution in [3.63, 3.8) is 0 Å². The highest BCUT2D eigenvalue weighted by Crippen LogP contribution is 2.15. The predicted molar refractivity (Wildman–Crippen MR) is 110 cm³/mol. The number of anilines is 1. The predicted octanol–water partition coefficient (Wildman–Crippen LogP) is -1.37. The number of para-hydroxylation sites is 1. The molecule has 31 heavy (non-hydrogen) atoms. The molecule has 0 saturated carbocycles. The van der Waals surface area contributed by atoms with E-state index >= 15 is 0 Å². The fraction of sp³-hybridized carbons (Fsp3) is 0.0952. The van der Waals surface area contributed by atoms with E-state index in [-0.39, 0.29) is 39.7 Å². The van der Waals surface area contributed by atoms with Crippen LogP contribution in [0.3, 0.4) is 0 Å². The molecule has 0 radical (unpaired) electrons. The molecule has 10 heteroatoms. The van der Waals surface area contributed by atoms with Crippen molar-refractivity contribution in [3.8, 4) is 0 Å². The van der Waals surface area contributed by atoms with Crippen molar-refractivity contribution in [2.75, 3.05) is 5.32 Å². The lowest BCUT2D eigenvalue weighted by molar-refractivity contribution is -0.684. The number of nitrogens with two attached hydrogens (primary N) is 1. The summed E-state index contributed by atoms with van der Waals surface area (Å²) in [4.78, 5) is 24.8. The fourth-order valence-corrected chi connectivity index (χ4v) is 3.73. The normalized spacial score (nSPS) is 10.6. The van der Waals surface area contributed by atoms with Gasteiger partial charge in [-0.2, -0.15) is 17.4 Å². The largest absolute Gasteiger partial charge is 1.00 e. The Morgan fingerprint density at radius 1 is 1.00 bits per heavy atom. The van der Waals surface area contributed by atoms with Crippen molar-refractivity contribution in [3.05, 3.63) is 90.3 Å². The van der Waals surface area contributed by atoms with Crippen LogP contribution in [-0.2, 0) is 21.4 Å². The minimum atomic E-state index is -4.21. The number of amides is 2. The maximum atomic E-state index is 12.7. The number of halogens is 1. The summed E-state index contributed by atoms with van der Waals surface area (Å²) in [6.07, 6.45) is 2.97. The summed E-state index contributed by atoms with van der Waals surface area (Å²) in [6.45, 7) is 1.75. The Morgan fingerprint density at radius 2 is 1.65 bits per heavy atom. The summed E-state index contributed by atoms with van der Waals surface area (Å²) >= 11 is 0.